The summed E-state index contributed by atoms with van der Waals surface area (Å²) in [4.78, 5) is 34.0. The fraction of sp³-hybridized carbons (Fsp3) is 0.267. The van der Waals surface area contributed by atoms with Gasteiger partial charge in [-0.3, -0.25) is 0 Å². The third kappa shape index (κ3) is 19.8. The van der Waals surface area contributed by atoms with Crippen LogP contribution in [0.5, 0.6) is 0 Å². The van der Waals surface area contributed by atoms with Gasteiger partial charge in [0.05, 0.1) is 0 Å². The lowest BCUT2D eigenvalue weighted by Gasteiger charge is -2.17. The van der Waals surface area contributed by atoms with Crippen molar-refractivity contribution in [2.45, 2.75) is 79.1 Å². The quantitative estimate of drug-likeness (QED) is 0.105. The average molecular weight is 847 g/mol. The molecule has 0 fully saturated rings. The minimum absolute atomic E-state index is 0.360. The molecule has 280 valence electrons. The van der Waals surface area contributed by atoms with Crippen molar-refractivity contribution >= 4 is 61.9 Å². The van der Waals surface area contributed by atoms with Crippen molar-refractivity contribution in [1.29, 1.82) is 0 Å². The second-order valence-electron chi connectivity index (χ2n) is 14.7. The van der Waals surface area contributed by atoms with Crippen molar-refractivity contribution in [3.63, 3.8) is 0 Å². The number of carbonyl (C=O) groups excluding carboxylic acids is 3. The third-order valence-corrected chi connectivity index (χ3v) is 7.44. The van der Waals surface area contributed by atoms with E-state index < -0.39 is 16.8 Å². The van der Waals surface area contributed by atoms with E-state index in [2.05, 4.69) is 87.0 Å². The van der Waals surface area contributed by atoms with Crippen LogP contribution < -0.4 is 0 Å². The molecule has 0 radical (unpaired) electrons. The number of hydrogen-bond acceptors (Lipinski definition) is 6. The van der Waals surface area contributed by atoms with E-state index in [9.17, 15) is 14.4 Å². The maximum absolute atomic E-state index is 11.8. The largest absolute Gasteiger partial charge is 0.457 e. The normalized spacial score (nSPS) is 11.5. The Balaban J connectivity index is 0.000000345. The van der Waals surface area contributed by atoms with Crippen LogP contribution in [0.25, 0.3) is 34.4 Å². The van der Waals surface area contributed by atoms with Crippen LogP contribution in [0.1, 0.15) is 73.4 Å². The first-order chi connectivity index (χ1) is 24.6. The average Bonchev–Trinajstić information content (AvgIpc) is 3.06. The molecule has 0 saturated heterocycles. The number of esters is 3. The van der Waals surface area contributed by atoms with Gasteiger partial charge in [0.25, 0.3) is 0 Å². The molecule has 0 unspecified atom stereocenters. The van der Waals surface area contributed by atoms with Crippen LogP contribution in [0.3, 0.4) is 0 Å². The lowest BCUT2D eigenvalue weighted by Crippen LogP contribution is -2.22. The summed E-state index contributed by atoms with van der Waals surface area (Å²) in [5, 5.41) is 0. The molecule has 6 nitrogen and oxygen atoms in total. The van der Waals surface area contributed by atoms with Gasteiger partial charge in [-0.15, -0.1) is 0 Å². The van der Waals surface area contributed by atoms with Crippen LogP contribution in [0, 0.1) is 0 Å². The first kappa shape index (κ1) is 44.6. The van der Waals surface area contributed by atoms with Gasteiger partial charge in [0, 0.05) is 27.2 Å². The molecule has 0 aromatic heterocycles. The summed E-state index contributed by atoms with van der Waals surface area (Å²) in [6.07, 6.45) is 7.51. The smallest absolute Gasteiger partial charge is 0.331 e. The van der Waals surface area contributed by atoms with Gasteiger partial charge < -0.3 is 14.2 Å². The van der Waals surface area contributed by atoms with E-state index in [1.165, 1.54) is 23.3 Å². The first-order valence-electron chi connectivity index (χ1n) is 17.0. The first-order valence-corrected chi connectivity index (χ1v) is 18.6. The Labute approximate surface area is 332 Å². The summed E-state index contributed by atoms with van der Waals surface area (Å²) in [7, 11) is 0. The van der Waals surface area contributed by atoms with Gasteiger partial charge in [-0.1, -0.05) is 111 Å². The molecule has 4 rings (SSSR count). The summed E-state index contributed by atoms with van der Waals surface area (Å²) < 4.78 is 17.6. The van der Waals surface area contributed by atoms with Crippen molar-refractivity contribution in [1.82, 2.24) is 0 Å². The second-order valence-corrected chi connectivity index (χ2v) is 16.6. The molecule has 0 N–H and O–H groups in total. The minimum atomic E-state index is -0.500. The molecule has 8 heteroatoms. The Kier molecular flexibility index (Phi) is 17.4. The van der Waals surface area contributed by atoms with E-state index in [-0.39, 0.29) is 17.9 Å². The second kappa shape index (κ2) is 20.6. The van der Waals surface area contributed by atoms with Gasteiger partial charge in [0.1, 0.15) is 16.8 Å². The number of rotatable bonds is 7. The standard InChI is InChI=1S/C26H30O4.C12H8Br2.C7H12O2/c1-25(2,3)29-23(27)17-11-19-7-13-21(14-8-19)22-15-9-20(10-16-22)12-18-24(28)30-26(4,5)6;13-11-5-1-9(2-6-11)10-3-7-12(14)8-4-10;1-5-6(8)9-7(2,3)4/h7-18H,1-6H3;1-8H;5H,1H2,2-4H3/b17-11+,18-12+;;. The van der Waals surface area contributed by atoms with Crippen LogP contribution in [-0.2, 0) is 28.6 Å². The number of carbonyl (C=O) groups is 3. The Bertz CT molecular complexity index is 1710. The zero-order chi connectivity index (χ0) is 39.8. The molecule has 0 bridgehead atoms. The summed E-state index contributed by atoms with van der Waals surface area (Å²) in [5.41, 5.74) is 5.04. The maximum Gasteiger partial charge on any atom is 0.331 e. The SMILES string of the molecule is Brc1ccc(-c2ccc(Br)cc2)cc1.C=CC(=O)OC(C)(C)C.CC(C)(C)OC(=O)/C=C/c1ccc(-c2ccc(/C=C/C(=O)OC(C)(C)C)cc2)cc1. The summed E-state index contributed by atoms with van der Waals surface area (Å²) >= 11 is 6.84. The van der Waals surface area contributed by atoms with Crippen LogP contribution in [0.2, 0.25) is 0 Å². The molecule has 0 heterocycles. The van der Waals surface area contributed by atoms with Gasteiger partial charge >= 0.3 is 17.9 Å². The monoisotopic (exact) mass is 844 g/mol. The number of halogens is 2. The van der Waals surface area contributed by atoms with Crippen molar-refractivity contribution in [3.8, 4) is 22.3 Å². The summed E-state index contributed by atoms with van der Waals surface area (Å²) in [5.74, 6) is -1.09. The highest BCUT2D eigenvalue weighted by atomic mass is 79.9. The predicted octanol–water partition coefficient (Wildman–Crippen LogP) is 12.5. The molecule has 0 aliphatic carbocycles. The van der Waals surface area contributed by atoms with Gasteiger partial charge in [-0.05, 0) is 132 Å². The van der Waals surface area contributed by atoms with Gasteiger partial charge in [-0.2, -0.15) is 0 Å². The zero-order valence-electron chi connectivity index (χ0n) is 32.0. The van der Waals surface area contributed by atoms with Crippen molar-refractivity contribution in [3.05, 3.63) is 142 Å². The molecular weight excluding hydrogens is 796 g/mol. The van der Waals surface area contributed by atoms with Crippen LogP contribution in [-0.4, -0.2) is 34.7 Å². The lowest BCUT2D eigenvalue weighted by molar-refractivity contribution is -0.149. The molecule has 0 amide bonds. The lowest BCUT2D eigenvalue weighted by atomic mass is 10.0. The zero-order valence-corrected chi connectivity index (χ0v) is 35.2. The topological polar surface area (TPSA) is 78.9 Å². The molecular formula is C45H50Br2O6. The van der Waals surface area contributed by atoms with Crippen molar-refractivity contribution in [2.24, 2.45) is 0 Å². The Morgan fingerprint density at radius 3 is 0.925 bits per heavy atom. The van der Waals surface area contributed by atoms with Gasteiger partial charge in [0.15, 0.2) is 0 Å². The molecule has 0 aliphatic rings. The maximum atomic E-state index is 11.8. The molecule has 0 spiro atoms. The summed E-state index contributed by atoms with van der Waals surface area (Å²) in [6.45, 7) is 19.7. The number of hydrogen-bond donors (Lipinski definition) is 0. The highest BCUT2D eigenvalue weighted by Gasteiger charge is 2.15. The van der Waals surface area contributed by atoms with Crippen LogP contribution in [0.4, 0.5) is 0 Å². The fourth-order valence-corrected chi connectivity index (χ4v) is 4.73. The van der Waals surface area contributed by atoms with E-state index >= 15 is 0 Å². The van der Waals surface area contributed by atoms with Crippen LogP contribution in [0.15, 0.2) is 131 Å². The highest BCUT2D eigenvalue weighted by molar-refractivity contribution is 9.10. The third-order valence-electron chi connectivity index (χ3n) is 6.39. The molecule has 0 atom stereocenters. The van der Waals surface area contributed by atoms with Crippen molar-refractivity contribution < 1.29 is 28.6 Å². The highest BCUT2D eigenvalue weighted by Crippen LogP contribution is 2.24. The Hall–Kier alpha value is -4.53. The van der Waals surface area contributed by atoms with Gasteiger partial charge in [0.2, 0.25) is 0 Å². The molecule has 4 aromatic carbocycles. The predicted molar refractivity (Wildman–Crippen MR) is 225 cm³/mol. The van der Waals surface area contributed by atoms with E-state index in [1.807, 2.05) is 111 Å². The number of benzene rings is 4. The van der Waals surface area contributed by atoms with E-state index in [1.54, 1.807) is 12.2 Å². The molecule has 0 aliphatic heterocycles. The van der Waals surface area contributed by atoms with Crippen molar-refractivity contribution in [2.75, 3.05) is 0 Å². The molecule has 0 saturated carbocycles. The van der Waals surface area contributed by atoms with Gasteiger partial charge in [-0.25, -0.2) is 14.4 Å². The molecule has 4 aromatic rings. The van der Waals surface area contributed by atoms with E-state index in [0.717, 1.165) is 37.3 Å². The van der Waals surface area contributed by atoms with E-state index in [4.69, 9.17) is 14.2 Å². The fourth-order valence-electron chi connectivity index (χ4n) is 4.20. The molecule has 53 heavy (non-hydrogen) atoms. The minimum Gasteiger partial charge on any atom is -0.457 e. The Morgan fingerprint density at radius 2 is 0.698 bits per heavy atom. The van der Waals surface area contributed by atoms with E-state index in [0.29, 0.717) is 0 Å². The number of ether oxygens (including phenoxy) is 3. The summed E-state index contributed by atoms with van der Waals surface area (Å²) in [6, 6.07) is 32.4. The van der Waals surface area contributed by atoms with Crippen LogP contribution >= 0.6 is 31.9 Å². The Morgan fingerprint density at radius 1 is 0.453 bits per heavy atom.